The molecule has 2 unspecified atom stereocenters. The van der Waals surface area contributed by atoms with Crippen molar-refractivity contribution < 1.29 is 22.8 Å². The molecule has 2 fully saturated rings. The summed E-state index contributed by atoms with van der Waals surface area (Å²) in [7, 11) is 0. The summed E-state index contributed by atoms with van der Waals surface area (Å²) in [5.41, 5.74) is 4.89. The number of hydrogen-bond donors (Lipinski definition) is 2. The quantitative estimate of drug-likeness (QED) is 0.804. The van der Waals surface area contributed by atoms with E-state index in [2.05, 4.69) is 5.32 Å². The number of halogens is 4. The highest BCUT2D eigenvalue weighted by molar-refractivity contribution is 8.01. The summed E-state index contributed by atoms with van der Waals surface area (Å²) in [5, 5.41) is 2.52. The Bertz CT molecular complexity index is 731. The van der Waals surface area contributed by atoms with Crippen molar-refractivity contribution in [1.82, 2.24) is 4.90 Å². The highest BCUT2D eigenvalue weighted by Gasteiger charge is 2.52. The molecule has 2 atom stereocenters. The van der Waals surface area contributed by atoms with Gasteiger partial charge in [0.05, 0.1) is 10.4 Å². The Morgan fingerprint density at radius 1 is 1.42 bits per heavy atom. The van der Waals surface area contributed by atoms with Gasteiger partial charge >= 0.3 is 6.18 Å². The van der Waals surface area contributed by atoms with Crippen molar-refractivity contribution in [2.75, 3.05) is 11.1 Å². The Kier molecular flexibility index (Phi) is 5.84. The van der Waals surface area contributed by atoms with Crippen LogP contribution in [0.25, 0.3) is 0 Å². The Balaban J connectivity index is 0.00000243. The van der Waals surface area contributed by atoms with E-state index in [4.69, 9.17) is 5.73 Å². The first-order valence-corrected chi connectivity index (χ1v) is 8.81. The Morgan fingerprint density at radius 3 is 2.73 bits per heavy atom. The van der Waals surface area contributed by atoms with Crippen LogP contribution in [0.15, 0.2) is 18.2 Å². The molecule has 0 saturated carbocycles. The van der Waals surface area contributed by atoms with E-state index in [1.54, 1.807) is 4.90 Å². The van der Waals surface area contributed by atoms with Crippen LogP contribution in [0.5, 0.6) is 0 Å². The van der Waals surface area contributed by atoms with Crippen LogP contribution in [0.2, 0.25) is 0 Å². The molecule has 0 aromatic heterocycles. The van der Waals surface area contributed by atoms with Crippen LogP contribution >= 0.6 is 24.2 Å². The molecule has 2 heterocycles. The molecule has 1 aromatic rings. The number of hydrogen-bond acceptors (Lipinski definition) is 4. The molecule has 10 heteroatoms. The number of benzene rings is 1. The summed E-state index contributed by atoms with van der Waals surface area (Å²) < 4.78 is 39.0. The molecule has 26 heavy (non-hydrogen) atoms. The number of alkyl halides is 3. The fourth-order valence-electron chi connectivity index (χ4n) is 3.29. The number of nitrogens with zero attached hydrogens (tertiary/aromatic N) is 1. The molecule has 0 aliphatic carbocycles. The van der Waals surface area contributed by atoms with Crippen molar-refractivity contribution in [3.63, 3.8) is 0 Å². The second kappa shape index (κ2) is 7.28. The average molecular weight is 410 g/mol. The van der Waals surface area contributed by atoms with Crippen LogP contribution in [-0.2, 0) is 22.3 Å². The van der Waals surface area contributed by atoms with Crippen molar-refractivity contribution in [1.29, 1.82) is 0 Å². The van der Waals surface area contributed by atoms with Crippen LogP contribution in [0.1, 0.15) is 30.9 Å². The van der Waals surface area contributed by atoms with Gasteiger partial charge in [-0.2, -0.15) is 13.2 Å². The van der Waals surface area contributed by atoms with Crippen LogP contribution in [0, 0.1) is 0 Å². The lowest BCUT2D eigenvalue weighted by Crippen LogP contribution is -2.48. The Labute approximate surface area is 159 Å². The van der Waals surface area contributed by atoms with Crippen molar-refractivity contribution in [2.24, 2.45) is 5.73 Å². The normalized spacial score (nSPS) is 25.0. The van der Waals surface area contributed by atoms with Gasteiger partial charge in [-0.25, -0.2) is 0 Å². The molecular weight excluding hydrogens is 391 g/mol. The number of thioether (sulfide) groups is 1. The minimum absolute atomic E-state index is 0. The predicted octanol–water partition coefficient (Wildman–Crippen LogP) is 2.98. The lowest BCUT2D eigenvalue weighted by Gasteiger charge is -2.29. The van der Waals surface area contributed by atoms with Crippen LogP contribution in [-0.4, -0.2) is 33.4 Å². The highest BCUT2D eigenvalue weighted by Crippen LogP contribution is 2.47. The summed E-state index contributed by atoms with van der Waals surface area (Å²) in [5.74, 6) is -0.148. The third-order valence-corrected chi connectivity index (χ3v) is 6.08. The smallest absolute Gasteiger partial charge is 0.326 e. The fraction of sp³-hybridized carbons (Fsp3) is 0.500. The number of carbonyl (C=O) groups is 2. The lowest BCUT2D eigenvalue weighted by molar-refractivity contribution is -0.137. The SMILES string of the molecule is CC12CCC(=O)N1C(C(=O)Nc1cc(CN)cc(C(F)(F)F)c1)CS2.Cl. The highest BCUT2D eigenvalue weighted by atomic mass is 35.5. The molecule has 5 nitrogen and oxygen atoms in total. The summed E-state index contributed by atoms with van der Waals surface area (Å²) in [6, 6.07) is 2.58. The van der Waals surface area contributed by atoms with Gasteiger partial charge in [-0.3, -0.25) is 9.59 Å². The van der Waals surface area contributed by atoms with Crippen molar-refractivity contribution in [3.05, 3.63) is 29.3 Å². The van der Waals surface area contributed by atoms with E-state index in [1.165, 1.54) is 17.8 Å². The largest absolute Gasteiger partial charge is 0.416 e. The van der Waals surface area contributed by atoms with Gasteiger partial charge in [0, 0.05) is 24.4 Å². The second-order valence-corrected chi connectivity index (χ2v) is 7.88. The number of nitrogens with one attached hydrogen (secondary N) is 1. The maximum Gasteiger partial charge on any atom is 0.416 e. The number of anilines is 1. The monoisotopic (exact) mass is 409 g/mol. The second-order valence-electron chi connectivity index (χ2n) is 6.38. The van der Waals surface area contributed by atoms with Gasteiger partial charge < -0.3 is 16.0 Å². The van der Waals surface area contributed by atoms with E-state index in [0.29, 0.717) is 18.6 Å². The third-order valence-electron chi connectivity index (χ3n) is 4.57. The molecule has 2 saturated heterocycles. The first-order chi connectivity index (χ1) is 11.6. The van der Waals surface area contributed by atoms with Gasteiger partial charge in [-0.15, -0.1) is 24.2 Å². The topological polar surface area (TPSA) is 75.4 Å². The first-order valence-electron chi connectivity index (χ1n) is 7.82. The van der Waals surface area contributed by atoms with E-state index < -0.39 is 28.6 Å². The van der Waals surface area contributed by atoms with Crippen molar-refractivity contribution in [3.8, 4) is 0 Å². The van der Waals surface area contributed by atoms with E-state index in [0.717, 1.165) is 12.1 Å². The summed E-state index contributed by atoms with van der Waals surface area (Å²) in [4.78, 5) is 25.8. The predicted molar refractivity (Wildman–Crippen MR) is 95.9 cm³/mol. The molecule has 0 spiro atoms. The van der Waals surface area contributed by atoms with Crippen molar-refractivity contribution >= 4 is 41.7 Å². The van der Waals surface area contributed by atoms with Gasteiger partial charge in [0.25, 0.3) is 0 Å². The van der Waals surface area contributed by atoms with Gasteiger partial charge in [0.15, 0.2) is 0 Å². The third kappa shape index (κ3) is 3.79. The molecule has 2 amide bonds. The zero-order valence-corrected chi connectivity index (χ0v) is 15.6. The zero-order chi connectivity index (χ0) is 18.4. The molecule has 3 N–H and O–H groups in total. The van der Waals surface area contributed by atoms with E-state index >= 15 is 0 Å². The molecule has 1 aromatic carbocycles. The maximum absolute atomic E-state index is 13.0. The molecular formula is C16H19ClF3N3O2S. The summed E-state index contributed by atoms with van der Waals surface area (Å²) >= 11 is 1.53. The summed E-state index contributed by atoms with van der Waals surface area (Å²) in [6.07, 6.45) is -3.48. The number of rotatable bonds is 3. The zero-order valence-electron chi connectivity index (χ0n) is 13.9. The van der Waals surface area contributed by atoms with E-state index in [-0.39, 0.29) is 36.1 Å². The number of amides is 2. The van der Waals surface area contributed by atoms with E-state index in [9.17, 15) is 22.8 Å². The van der Waals surface area contributed by atoms with Crippen LogP contribution in [0.4, 0.5) is 18.9 Å². The molecule has 2 aliphatic rings. The maximum atomic E-state index is 13.0. The summed E-state index contributed by atoms with van der Waals surface area (Å²) in [6.45, 7) is 1.83. The lowest BCUT2D eigenvalue weighted by atomic mass is 10.1. The van der Waals surface area contributed by atoms with Gasteiger partial charge in [0.2, 0.25) is 11.8 Å². The first kappa shape index (κ1) is 20.9. The Hall–Kier alpha value is -1.45. The van der Waals surface area contributed by atoms with Crippen molar-refractivity contribution in [2.45, 2.75) is 43.4 Å². The molecule has 144 valence electrons. The number of fused-ring (bicyclic) bond motifs is 1. The van der Waals surface area contributed by atoms with E-state index in [1.807, 2.05) is 6.92 Å². The minimum Gasteiger partial charge on any atom is -0.326 e. The van der Waals surface area contributed by atoms with Crippen LogP contribution < -0.4 is 11.1 Å². The molecule has 3 rings (SSSR count). The molecule has 2 aliphatic heterocycles. The number of nitrogens with two attached hydrogens (primary N) is 1. The minimum atomic E-state index is -4.53. The van der Waals surface area contributed by atoms with Gasteiger partial charge in [0.1, 0.15) is 6.04 Å². The molecule has 0 radical (unpaired) electrons. The standard InChI is InChI=1S/C16H18F3N3O2S.ClH/c1-15-3-2-13(23)22(15)12(8-25-15)14(24)21-11-5-9(7-20)4-10(6-11)16(17,18)19;/h4-6,12H,2-3,7-8,20H2,1H3,(H,21,24);1H. The van der Waals surface area contributed by atoms with Gasteiger partial charge in [-0.05, 0) is 37.1 Å². The molecule has 0 bridgehead atoms. The average Bonchev–Trinajstić information content (AvgIpc) is 3.03. The number of carbonyl (C=O) groups excluding carboxylic acids is 2. The van der Waals surface area contributed by atoms with Gasteiger partial charge in [-0.1, -0.05) is 0 Å². The Morgan fingerprint density at radius 2 is 2.12 bits per heavy atom. The fourth-order valence-corrected chi connectivity index (χ4v) is 4.72. The van der Waals surface area contributed by atoms with Crippen LogP contribution in [0.3, 0.4) is 0 Å².